The molecule has 0 radical (unpaired) electrons. The zero-order valence-corrected chi connectivity index (χ0v) is 11.4. The zero-order valence-electron chi connectivity index (χ0n) is 11.4. The van der Waals surface area contributed by atoms with Gasteiger partial charge in [0.15, 0.2) is 0 Å². The monoisotopic (exact) mass is 265 g/mol. The van der Waals surface area contributed by atoms with Crippen LogP contribution in [0.2, 0.25) is 0 Å². The Kier molecular flexibility index (Phi) is 4.92. The second-order valence-corrected chi connectivity index (χ2v) is 4.50. The van der Waals surface area contributed by atoms with Crippen molar-refractivity contribution in [1.29, 1.82) is 0 Å². The molecule has 0 heterocycles. The van der Waals surface area contributed by atoms with Crippen molar-refractivity contribution >= 4 is 12.4 Å². The third kappa shape index (κ3) is 3.24. The number of carbonyl (C=O) groups excluding carboxylic acids is 1. The molecule has 1 aromatic rings. The van der Waals surface area contributed by atoms with Crippen molar-refractivity contribution in [2.24, 2.45) is 0 Å². The topological polar surface area (TPSA) is 66.8 Å². The summed E-state index contributed by atoms with van der Waals surface area (Å²) in [6.07, 6.45) is 0.830. The molecular formula is C14H19NO4. The summed E-state index contributed by atoms with van der Waals surface area (Å²) in [5.41, 5.74) is -0.406. The summed E-state index contributed by atoms with van der Waals surface area (Å²) in [5.74, 6) is -0.305. The van der Waals surface area contributed by atoms with E-state index < -0.39 is 11.5 Å². The lowest BCUT2D eigenvalue weighted by Crippen LogP contribution is -2.53. The van der Waals surface area contributed by atoms with Gasteiger partial charge in [-0.25, -0.2) is 4.79 Å². The first kappa shape index (κ1) is 15.0. The number of carboxylic acids is 1. The van der Waals surface area contributed by atoms with Gasteiger partial charge in [-0.2, -0.15) is 0 Å². The van der Waals surface area contributed by atoms with Crippen molar-refractivity contribution in [2.75, 3.05) is 13.7 Å². The van der Waals surface area contributed by atoms with E-state index in [9.17, 15) is 14.7 Å². The number of ether oxygens (including phenoxy) is 1. The van der Waals surface area contributed by atoms with Crippen LogP contribution in [0.5, 0.6) is 5.75 Å². The van der Waals surface area contributed by atoms with E-state index in [4.69, 9.17) is 4.74 Å². The Balaban J connectivity index is 3.00. The lowest BCUT2D eigenvalue weighted by atomic mass is 9.91. The van der Waals surface area contributed by atoms with E-state index in [1.54, 1.807) is 45.2 Å². The smallest absolute Gasteiger partial charge is 0.329 e. The molecule has 5 heteroatoms. The summed E-state index contributed by atoms with van der Waals surface area (Å²) >= 11 is 0. The molecule has 0 spiro atoms. The Bertz CT molecular complexity index is 443. The van der Waals surface area contributed by atoms with Crippen LogP contribution in [0.25, 0.3) is 0 Å². The summed E-state index contributed by atoms with van der Waals surface area (Å²) in [7, 11) is 1.57. The molecule has 1 N–H and O–H groups in total. The fourth-order valence-corrected chi connectivity index (χ4v) is 1.98. The largest absolute Gasteiger partial charge is 0.497 e. The third-order valence-corrected chi connectivity index (χ3v) is 3.27. The van der Waals surface area contributed by atoms with E-state index in [2.05, 4.69) is 0 Å². The van der Waals surface area contributed by atoms with E-state index in [1.807, 2.05) is 0 Å². The molecular weight excluding hydrogens is 246 g/mol. The van der Waals surface area contributed by atoms with Crippen molar-refractivity contribution in [1.82, 2.24) is 4.90 Å². The molecule has 1 atom stereocenters. The van der Waals surface area contributed by atoms with Crippen LogP contribution < -0.4 is 4.74 Å². The number of hydrogen-bond acceptors (Lipinski definition) is 3. The van der Waals surface area contributed by atoms with Gasteiger partial charge in [0, 0.05) is 13.0 Å². The number of hydrogen-bond donors (Lipinski definition) is 1. The Morgan fingerprint density at radius 2 is 2.00 bits per heavy atom. The number of rotatable bonds is 7. The van der Waals surface area contributed by atoms with Crippen LogP contribution in [0.4, 0.5) is 0 Å². The Hall–Kier alpha value is -2.04. The van der Waals surface area contributed by atoms with Crippen LogP contribution in [0, 0.1) is 0 Å². The van der Waals surface area contributed by atoms with Crippen LogP contribution in [0.1, 0.15) is 19.4 Å². The average molecular weight is 265 g/mol. The van der Waals surface area contributed by atoms with Gasteiger partial charge in [-0.05, 0) is 31.5 Å². The average Bonchev–Trinajstić information content (AvgIpc) is 2.40. The lowest BCUT2D eigenvalue weighted by molar-refractivity contribution is -0.153. The van der Waals surface area contributed by atoms with Crippen molar-refractivity contribution in [3.05, 3.63) is 29.8 Å². The van der Waals surface area contributed by atoms with Gasteiger partial charge in [0.05, 0.1) is 7.11 Å². The van der Waals surface area contributed by atoms with Gasteiger partial charge < -0.3 is 14.7 Å². The van der Waals surface area contributed by atoms with E-state index in [1.165, 1.54) is 4.90 Å². The number of aliphatic carboxylic acids is 1. The Labute approximate surface area is 112 Å². The SMILES string of the molecule is CCN(C=O)C(C)(Cc1ccc(OC)cc1)C(=O)O. The fourth-order valence-electron chi connectivity index (χ4n) is 1.98. The van der Waals surface area contributed by atoms with E-state index in [0.29, 0.717) is 18.7 Å². The second kappa shape index (κ2) is 6.22. The van der Waals surface area contributed by atoms with Crippen LogP contribution >= 0.6 is 0 Å². The van der Waals surface area contributed by atoms with Gasteiger partial charge >= 0.3 is 5.97 Å². The van der Waals surface area contributed by atoms with Crippen molar-refractivity contribution in [3.63, 3.8) is 0 Å². The molecule has 0 aliphatic carbocycles. The van der Waals surface area contributed by atoms with Crippen molar-refractivity contribution in [3.8, 4) is 5.75 Å². The van der Waals surface area contributed by atoms with Crippen LogP contribution in [0.15, 0.2) is 24.3 Å². The maximum Gasteiger partial charge on any atom is 0.329 e. The summed E-state index contributed by atoms with van der Waals surface area (Å²) < 4.78 is 5.05. The molecule has 0 saturated carbocycles. The molecule has 1 aromatic carbocycles. The molecule has 0 aliphatic rings. The minimum absolute atomic E-state index is 0.249. The molecule has 0 saturated heterocycles. The first-order valence-corrected chi connectivity index (χ1v) is 6.06. The quantitative estimate of drug-likeness (QED) is 0.760. The molecule has 0 aromatic heterocycles. The molecule has 5 nitrogen and oxygen atoms in total. The summed E-state index contributed by atoms with van der Waals surface area (Å²) in [4.78, 5) is 23.8. The highest BCUT2D eigenvalue weighted by molar-refractivity contribution is 5.81. The van der Waals surface area contributed by atoms with Gasteiger partial charge in [0.25, 0.3) is 0 Å². The van der Waals surface area contributed by atoms with E-state index >= 15 is 0 Å². The molecule has 104 valence electrons. The van der Waals surface area contributed by atoms with E-state index in [-0.39, 0.29) is 6.42 Å². The minimum atomic E-state index is -1.24. The number of methoxy groups -OCH3 is 1. The van der Waals surface area contributed by atoms with Crippen LogP contribution in [0.3, 0.4) is 0 Å². The number of likely N-dealkylation sites (N-methyl/N-ethyl adjacent to an activating group) is 1. The van der Waals surface area contributed by atoms with E-state index in [0.717, 1.165) is 5.56 Å². The minimum Gasteiger partial charge on any atom is -0.497 e. The number of carboxylic acid groups (broad SMARTS) is 1. The van der Waals surface area contributed by atoms with Gasteiger partial charge in [0.1, 0.15) is 11.3 Å². The Morgan fingerprint density at radius 1 is 1.42 bits per heavy atom. The number of amides is 1. The van der Waals surface area contributed by atoms with Crippen molar-refractivity contribution < 1.29 is 19.4 Å². The van der Waals surface area contributed by atoms with Gasteiger partial charge in [-0.3, -0.25) is 4.79 Å². The highest BCUT2D eigenvalue weighted by Gasteiger charge is 2.38. The summed E-state index contributed by atoms with van der Waals surface area (Å²) in [6.45, 7) is 3.66. The lowest BCUT2D eigenvalue weighted by Gasteiger charge is -2.34. The highest BCUT2D eigenvalue weighted by Crippen LogP contribution is 2.22. The number of benzene rings is 1. The van der Waals surface area contributed by atoms with Gasteiger partial charge in [0.2, 0.25) is 6.41 Å². The Morgan fingerprint density at radius 3 is 2.37 bits per heavy atom. The first-order chi connectivity index (χ1) is 8.97. The second-order valence-electron chi connectivity index (χ2n) is 4.50. The maximum absolute atomic E-state index is 11.5. The number of carbonyl (C=O) groups is 2. The molecule has 0 aliphatic heterocycles. The van der Waals surface area contributed by atoms with Crippen molar-refractivity contribution in [2.45, 2.75) is 25.8 Å². The zero-order chi connectivity index (χ0) is 14.5. The highest BCUT2D eigenvalue weighted by atomic mass is 16.5. The van der Waals surface area contributed by atoms with Crippen LogP contribution in [-0.2, 0) is 16.0 Å². The molecule has 19 heavy (non-hydrogen) atoms. The maximum atomic E-state index is 11.5. The predicted molar refractivity (Wildman–Crippen MR) is 71.2 cm³/mol. The van der Waals surface area contributed by atoms with Gasteiger partial charge in [-0.1, -0.05) is 12.1 Å². The third-order valence-electron chi connectivity index (χ3n) is 3.27. The van der Waals surface area contributed by atoms with Gasteiger partial charge in [-0.15, -0.1) is 0 Å². The molecule has 1 amide bonds. The summed E-state index contributed by atoms with van der Waals surface area (Å²) in [5, 5.41) is 9.40. The molecule has 0 fully saturated rings. The predicted octanol–water partition coefficient (Wildman–Crippen LogP) is 1.56. The fraction of sp³-hybridized carbons (Fsp3) is 0.429. The molecule has 1 rings (SSSR count). The van der Waals surface area contributed by atoms with Crippen LogP contribution in [-0.4, -0.2) is 41.6 Å². The first-order valence-electron chi connectivity index (χ1n) is 6.06. The molecule has 0 bridgehead atoms. The summed E-state index contributed by atoms with van der Waals surface area (Å²) in [6, 6.07) is 7.15. The standard InChI is InChI=1S/C14H19NO4/c1-4-15(10-16)14(2,13(17)18)9-11-5-7-12(19-3)8-6-11/h5-8,10H,4,9H2,1-3H3,(H,17,18). The molecule has 1 unspecified atom stereocenters. The normalized spacial score (nSPS) is 13.4. The number of nitrogens with zero attached hydrogens (tertiary/aromatic N) is 1.